The fraction of sp³-hybridized carbons (Fsp3) is 0.308. The van der Waals surface area contributed by atoms with Crippen LogP contribution in [-0.4, -0.2) is 29.1 Å². The van der Waals surface area contributed by atoms with Crippen molar-refractivity contribution in [3.05, 3.63) is 40.8 Å². The van der Waals surface area contributed by atoms with Gasteiger partial charge in [-0.1, -0.05) is 6.07 Å². The van der Waals surface area contributed by atoms with Crippen LogP contribution in [0.5, 0.6) is 0 Å². The van der Waals surface area contributed by atoms with Crippen LogP contribution in [0.2, 0.25) is 0 Å². The van der Waals surface area contributed by atoms with Crippen LogP contribution >= 0.6 is 11.3 Å². The molecule has 2 aromatic heterocycles. The van der Waals surface area contributed by atoms with Crippen LogP contribution in [0.4, 0.5) is 10.7 Å². The van der Waals surface area contributed by atoms with E-state index in [0.29, 0.717) is 19.0 Å². The van der Waals surface area contributed by atoms with Crippen molar-refractivity contribution in [1.82, 2.24) is 20.6 Å². The Labute approximate surface area is 121 Å². The molecule has 0 spiro atoms. The molecule has 0 saturated carbocycles. The summed E-state index contributed by atoms with van der Waals surface area (Å²) >= 11 is 1.63. The number of amides is 2. The van der Waals surface area contributed by atoms with E-state index in [1.807, 2.05) is 24.4 Å². The summed E-state index contributed by atoms with van der Waals surface area (Å²) < 4.78 is 0. The fourth-order valence-corrected chi connectivity index (χ4v) is 2.33. The van der Waals surface area contributed by atoms with Crippen molar-refractivity contribution in [3.8, 4) is 0 Å². The first-order chi connectivity index (χ1) is 9.75. The molecule has 2 aromatic rings. The average Bonchev–Trinajstić information content (AvgIpc) is 2.99. The molecule has 2 heterocycles. The maximum Gasteiger partial charge on any atom is 0.315 e. The minimum Gasteiger partial charge on any atom is -0.352 e. The summed E-state index contributed by atoms with van der Waals surface area (Å²) in [5, 5.41) is 10.7. The number of thiophene rings is 1. The van der Waals surface area contributed by atoms with Crippen molar-refractivity contribution >= 4 is 23.3 Å². The van der Waals surface area contributed by atoms with Crippen LogP contribution in [0.1, 0.15) is 17.8 Å². The minimum atomic E-state index is -0.179. The van der Waals surface area contributed by atoms with E-state index >= 15 is 0 Å². The van der Waals surface area contributed by atoms with Gasteiger partial charge >= 0.3 is 6.03 Å². The molecule has 2 rings (SSSR count). The van der Waals surface area contributed by atoms with Crippen LogP contribution in [-0.2, 0) is 0 Å². The maximum atomic E-state index is 11.7. The lowest BCUT2D eigenvalue weighted by atomic mass is 10.3. The van der Waals surface area contributed by atoms with Crippen molar-refractivity contribution < 1.29 is 4.79 Å². The highest BCUT2D eigenvalue weighted by atomic mass is 32.1. The van der Waals surface area contributed by atoms with Crippen LogP contribution < -0.4 is 16.0 Å². The molecule has 1 atom stereocenters. The molecule has 6 nitrogen and oxygen atoms in total. The quantitative estimate of drug-likeness (QED) is 0.711. The first kappa shape index (κ1) is 14.3. The molecular weight excluding hydrogens is 274 g/mol. The number of hydrogen-bond acceptors (Lipinski definition) is 5. The zero-order chi connectivity index (χ0) is 14.2. The standard InChI is InChI=1S/C13H17N5OS/c1-10(11-4-2-9-20-11)18-13(19)17-8-7-16-12-14-5-3-6-15-12/h2-6,9-10H,7-8H2,1H3,(H,14,15,16)(H2,17,18,19)/t10-/m0/s1. The van der Waals surface area contributed by atoms with Gasteiger partial charge in [0.1, 0.15) is 0 Å². The van der Waals surface area contributed by atoms with Crippen molar-refractivity contribution in [3.63, 3.8) is 0 Å². The smallest absolute Gasteiger partial charge is 0.315 e. The fourth-order valence-electron chi connectivity index (χ4n) is 1.60. The summed E-state index contributed by atoms with van der Waals surface area (Å²) in [7, 11) is 0. The zero-order valence-corrected chi connectivity index (χ0v) is 12.0. The molecule has 0 fully saturated rings. The second kappa shape index (κ2) is 7.44. The Bertz CT molecular complexity index is 517. The van der Waals surface area contributed by atoms with Gasteiger partial charge in [0.25, 0.3) is 0 Å². The van der Waals surface area contributed by atoms with E-state index in [1.165, 1.54) is 0 Å². The van der Waals surface area contributed by atoms with Crippen LogP contribution in [0.3, 0.4) is 0 Å². The molecule has 0 bridgehead atoms. The highest BCUT2D eigenvalue weighted by molar-refractivity contribution is 7.10. The molecule has 2 amide bonds. The largest absolute Gasteiger partial charge is 0.352 e. The summed E-state index contributed by atoms with van der Waals surface area (Å²) in [6.07, 6.45) is 3.33. The van der Waals surface area contributed by atoms with Gasteiger partial charge in [-0.3, -0.25) is 0 Å². The Morgan fingerprint density at radius 3 is 2.80 bits per heavy atom. The Balaban J connectivity index is 1.63. The number of rotatable bonds is 6. The SMILES string of the molecule is C[C@H](NC(=O)NCCNc1ncccn1)c1cccs1. The molecule has 20 heavy (non-hydrogen) atoms. The third kappa shape index (κ3) is 4.51. The summed E-state index contributed by atoms with van der Waals surface area (Å²) in [6.45, 7) is 3.04. The molecule has 0 aliphatic heterocycles. The predicted molar refractivity (Wildman–Crippen MR) is 79.8 cm³/mol. The molecule has 3 N–H and O–H groups in total. The van der Waals surface area contributed by atoms with E-state index in [-0.39, 0.29) is 12.1 Å². The molecule has 7 heteroatoms. The van der Waals surface area contributed by atoms with Crippen LogP contribution in [0.25, 0.3) is 0 Å². The Kier molecular flexibility index (Phi) is 5.31. The van der Waals surface area contributed by atoms with Gasteiger partial charge in [0, 0.05) is 30.4 Å². The normalized spacial score (nSPS) is 11.7. The van der Waals surface area contributed by atoms with Gasteiger partial charge in [0.2, 0.25) is 5.95 Å². The number of carbonyl (C=O) groups excluding carboxylic acids is 1. The molecular formula is C13H17N5OS. The number of aromatic nitrogens is 2. The van der Waals surface area contributed by atoms with Crippen LogP contribution in [0, 0.1) is 0 Å². The summed E-state index contributed by atoms with van der Waals surface area (Å²) in [4.78, 5) is 20.9. The van der Waals surface area contributed by atoms with E-state index < -0.39 is 0 Å². The van der Waals surface area contributed by atoms with E-state index in [4.69, 9.17) is 0 Å². The number of nitrogens with one attached hydrogen (secondary N) is 3. The molecule has 106 valence electrons. The number of carbonyl (C=O) groups is 1. The second-order valence-corrected chi connectivity index (χ2v) is 5.12. The molecule has 0 radical (unpaired) electrons. The van der Waals surface area contributed by atoms with E-state index in [1.54, 1.807) is 29.8 Å². The maximum absolute atomic E-state index is 11.7. The highest BCUT2D eigenvalue weighted by Crippen LogP contribution is 2.17. The van der Waals surface area contributed by atoms with Gasteiger partial charge in [0.15, 0.2) is 0 Å². The predicted octanol–water partition coefficient (Wildman–Crippen LogP) is 2.01. The number of anilines is 1. The van der Waals surface area contributed by atoms with E-state index in [9.17, 15) is 4.79 Å². The molecule has 0 aliphatic carbocycles. The molecule has 0 aromatic carbocycles. The van der Waals surface area contributed by atoms with Gasteiger partial charge in [-0.2, -0.15) is 0 Å². The van der Waals surface area contributed by atoms with E-state index in [2.05, 4.69) is 25.9 Å². The zero-order valence-electron chi connectivity index (χ0n) is 11.2. The molecule has 0 saturated heterocycles. The first-order valence-corrected chi connectivity index (χ1v) is 7.22. The van der Waals surface area contributed by atoms with Gasteiger partial charge in [-0.15, -0.1) is 11.3 Å². The Morgan fingerprint density at radius 1 is 1.30 bits per heavy atom. The second-order valence-electron chi connectivity index (χ2n) is 4.14. The van der Waals surface area contributed by atoms with Crippen LogP contribution in [0.15, 0.2) is 36.0 Å². The Morgan fingerprint density at radius 2 is 2.10 bits per heavy atom. The number of hydrogen-bond donors (Lipinski definition) is 3. The van der Waals surface area contributed by atoms with Crippen molar-refractivity contribution in [2.45, 2.75) is 13.0 Å². The summed E-state index contributed by atoms with van der Waals surface area (Å²) in [5.74, 6) is 0.557. The first-order valence-electron chi connectivity index (χ1n) is 6.34. The van der Waals surface area contributed by atoms with Crippen molar-refractivity contribution in [1.29, 1.82) is 0 Å². The lowest BCUT2D eigenvalue weighted by molar-refractivity contribution is 0.238. The third-order valence-electron chi connectivity index (χ3n) is 2.58. The third-order valence-corrected chi connectivity index (χ3v) is 3.63. The van der Waals surface area contributed by atoms with E-state index in [0.717, 1.165) is 4.88 Å². The van der Waals surface area contributed by atoms with Crippen molar-refractivity contribution in [2.75, 3.05) is 18.4 Å². The molecule has 0 unspecified atom stereocenters. The number of urea groups is 1. The number of nitrogens with zero attached hydrogens (tertiary/aromatic N) is 2. The van der Waals surface area contributed by atoms with Gasteiger partial charge in [-0.05, 0) is 24.4 Å². The lowest BCUT2D eigenvalue weighted by Crippen LogP contribution is -2.39. The topological polar surface area (TPSA) is 78.9 Å². The lowest BCUT2D eigenvalue weighted by Gasteiger charge is -2.13. The average molecular weight is 291 g/mol. The molecule has 0 aliphatic rings. The minimum absolute atomic E-state index is 0.0143. The summed E-state index contributed by atoms with van der Waals surface area (Å²) in [5.41, 5.74) is 0. The van der Waals surface area contributed by atoms with Crippen molar-refractivity contribution in [2.24, 2.45) is 0 Å². The summed E-state index contributed by atoms with van der Waals surface area (Å²) in [6, 6.07) is 5.56. The monoisotopic (exact) mass is 291 g/mol. The van der Waals surface area contributed by atoms with Gasteiger partial charge < -0.3 is 16.0 Å². The van der Waals surface area contributed by atoms with Gasteiger partial charge in [0.05, 0.1) is 6.04 Å². The van der Waals surface area contributed by atoms with Gasteiger partial charge in [-0.25, -0.2) is 14.8 Å². The Hall–Kier alpha value is -2.15. The highest BCUT2D eigenvalue weighted by Gasteiger charge is 2.09.